The van der Waals surface area contributed by atoms with Gasteiger partial charge in [-0.3, -0.25) is 0 Å². The SMILES string of the molecule is CC(C)(C)Cc1c(C=N)[nH]c2ccc3c(c12)C=C=C3. The number of rotatable bonds is 2. The second kappa shape index (κ2) is 3.97. The second-order valence-corrected chi connectivity index (χ2v) is 6.35. The molecule has 0 fully saturated rings. The summed E-state index contributed by atoms with van der Waals surface area (Å²) in [6.07, 6.45) is 6.46. The van der Waals surface area contributed by atoms with Gasteiger partial charge in [0.05, 0.1) is 5.69 Å². The minimum absolute atomic E-state index is 0.200. The van der Waals surface area contributed by atoms with Gasteiger partial charge in [-0.05, 0) is 46.7 Å². The predicted molar refractivity (Wildman–Crippen MR) is 81.8 cm³/mol. The molecule has 2 N–H and O–H groups in total. The molecule has 96 valence electrons. The van der Waals surface area contributed by atoms with E-state index in [1.807, 2.05) is 12.2 Å². The van der Waals surface area contributed by atoms with E-state index in [4.69, 9.17) is 5.41 Å². The van der Waals surface area contributed by atoms with Crippen LogP contribution in [0.5, 0.6) is 0 Å². The van der Waals surface area contributed by atoms with Crippen molar-refractivity contribution >= 4 is 29.3 Å². The highest BCUT2D eigenvalue weighted by atomic mass is 14.7. The number of fused-ring (bicyclic) bond motifs is 3. The van der Waals surface area contributed by atoms with Crippen LogP contribution in [0.4, 0.5) is 0 Å². The van der Waals surface area contributed by atoms with Crippen LogP contribution in [0, 0.1) is 10.8 Å². The fourth-order valence-electron chi connectivity index (χ4n) is 2.75. The third kappa shape index (κ3) is 1.94. The number of hydrogen-bond acceptors (Lipinski definition) is 1. The van der Waals surface area contributed by atoms with Crippen LogP contribution < -0.4 is 0 Å². The molecule has 0 spiro atoms. The van der Waals surface area contributed by atoms with Crippen molar-refractivity contribution in [3.8, 4) is 0 Å². The Kier molecular flexibility index (Phi) is 2.51. The van der Waals surface area contributed by atoms with E-state index in [2.05, 4.69) is 43.6 Å². The molecular weight excluding hydrogens is 232 g/mol. The largest absolute Gasteiger partial charge is 0.354 e. The Bertz CT molecular complexity index is 733. The number of H-pyrrole nitrogens is 1. The van der Waals surface area contributed by atoms with Crippen molar-refractivity contribution in [1.82, 2.24) is 4.98 Å². The first kappa shape index (κ1) is 12.0. The van der Waals surface area contributed by atoms with E-state index in [0.29, 0.717) is 0 Å². The van der Waals surface area contributed by atoms with Crippen molar-refractivity contribution < 1.29 is 0 Å². The number of nitrogens with one attached hydrogen (secondary N) is 2. The molecule has 0 saturated heterocycles. The van der Waals surface area contributed by atoms with Crippen molar-refractivity contribution in [1.29, 1.82) is 5.41 Å². The van der Waals surface area contributed by atoms with Gasteiger partial charge in [-0.1, -0.05) is 26.8 Å². The maximum absolute atomic E-state index is 7.63. The first-order valence-corrected chi connectivity index (χ1v) is 6.60. The zero-order valence-electron chi connectivity index (χ0n) is 11.6. The van der Waals surface area contributed by atoms with Crippen molar-refractivity contribution in [3.05, 3.63) is 40.2 Å². The molecule has 1 aromatic heterocycles. The Balaban J connectivity index is 2.31. The third-order valence-corrected chi connectivity index (χ3v) is 3.49. The summed E-state index contributed by atoms with van der Waals surface area (Å²) in [5.41, 5.74) is 9.13. The molecule has 19 heavy (non-hydrogen) atoms. The maximum Gasteiger partial charge on any atom is 0.0602 e. The lowest BCUT2D eigenvalue weighted by Gasteiger charge is -2.18. The minimum atomic E-state index is 0.200. The lowest BCUT2D eigenvalue weighted by Crippen LogP contribution is -2.10. The first-order chi connectivity index (χ1) is 8.99. The lowest BCUT2D eigenvalue weighted by atomic mass is 9.86. The van der Waals surface area contributed by atoms with E-state index in [1.165, 1.54) is 28.3 Å². The van der Waals surface area contributed by atoms with E-state index >= 15 is 0 Å². The van der Waals surface area contributed by atoms with Crippen LogP contribution in [-0.2, 0) is 6.42 Å². The fraction of sp³-hybridized carbons (Fsp3) is 0.294. The number of aromatic nitrogens is 1. The number of hydrogen-bond donors (Lipinski definition) is 2. The summed E-state index contributed by atoms with van der Waals surface area (Å²) in [5.74, 6) is 0. The van der Waals surface area contributed by atoms with Gasteiger partial charge in [0.25, 0.3) is 0 Å². The zero-order chi connectivity index (χ0) is 13.6. The monoisotopic (exact) mass is 250 g/mol. The molecule has 2 heteroatoms. The summed E-state index contributed by atoms with van der Waals surface area (Å²) in [5, 5.41) is 8.89. The van der Waals surface area contributed by atoms with Crippen molar-refractivity contribution in [2.75, 3.05) is 0 Å². The Labute approximate surface area is 113 Å². The predicted octanol–water partition coefficient (Wildman–Crippen LogP) is 4.39. The van der Waals surface area contributed by atoms with Gasteiger partial charge < -0.3 is 10.4 Å². The van der Waals surface area contributed by atoms with Crippen molar-refractivity contribution in [3.63, 3.8) is 0 Å². The summed E-state index contributed by atoms with van der Waals surface area (Å²) in [4.78, 5) is 3.36. The first-order valence-electron chi connectivity index (χ1n) is 6.60. The molecule has 2 nitrogen and oxygen atoms in total. The molecule has 0 bridgehead atoms. The van der Waals surface area contributed by atoms with Crippen LogP contribution in [-0.4, -0.2) is 11.2 Å². The Morgan fingerprint density at radius 3 is 2.74 bits per heavy atom. The Hall–Kier alpha value is -2.05. The molecule has 2 aromatic rings. The van der Waals surface area contributed by atoms with E-state index in [9.17, 15) is 0 Å². The highest BCUT2D eigenvalue weighted by Gasteiger charge is 2.20. The van der Waals surface area contributed by atoms with Crippen LogP contribution >= 0.6 is 0 Å². The number of benzene rings is 1. The molecule has 0 radical (unpaired) electrons. The van der Waals surface area contributed by atoms with Gasteiger partial charge in [0, 0.05) is 17.1 Å². The molecular formula is C17H18N2. The molecule has 1 aromatic carbocycles. The molecule has 0 amide bonds. The maximum atomic E-state index is 7.63. The third-order valence-electron chi connectivity index (χ3n) is 3.49. The average molecular weight is 250 g/mol. The van der Waals surface area contributed by atoms with Crippen LogP contribution in [0.3, 0.4) is 0 Å². The lowest BCUT2D eigenvalue weighted by molar-refractivity contribution is 0.412. The van der Waals surface area contributed by atoms with Gasteiger partial charge >= 0.3 is 0 Å². The molecule has 0 unspecified atom stereocenters. The van der Waals surface area contributed by atoms with E-state index in [1.54, 1.807) is 0 Å². The summed E-state index contributed by atoms with van der Waals surface area (Å²) in [7, 11) is 0. The Morgan fingerprint density at radius 1 is 1.26 bits per heavy atom. The molecule has 1 aliphatic carbocycles. The van der Waals surface area contributed by atoms with Crippen LogP contribution in [0.15, 0.2) is 17.9 Å². The topological polar surface area (TPSA) is 39.6 Å². The smallest absolute Gasteiger partial charge is 0.0602 e. The van der Waals surface area contributed by atoms with Crippen molar-refractivity contribution in [2.24, 2.45) is 5.41 Å². The van der Waals surface area contributed by atoms with Gasteiger partial charge in [0.15, 0.2) is 0 Å². The van der Waals surface area contributed by atoms with Crippen LogP contribution in [0.25, 0.3) is 23.1 Å². The zero-order valence-corrected chi connectivity index (χ0v) is 11.6. The summed E-state index contributed by atoms with van der Waals surface area (Å²) < 4.78 is 0. The average Bonchev–Trinajstić information content (AvgIpc) is 2.90. The minimum Gasteiger partial charge on any atom is -0.354 e. The highest BCUT2D eigenvalue weighted by Crippen LogP contribution is 2.34. The van der Waals surface area contributed by atoms with Gasteiger partial charge in [-0.15, -0.1) is 5.73 Å². The quantitative estimate of drug-likeness (QED) is 0.500. The molecule has 0 saturated carbocycles. The van der Waals surface area contributed by atoms with Crippen molar-refractivity contribution in [2.45, 2.75) is 27.2 Å². The summed E-state index contributed by atoms with van der Waals surface area (Å²) in [6.45, 7) is 6.70. The fourth-order valence-corrected chi connectivity index (χ4v) is 2.75. The highest BCUT2D eigenvalue weighted by molar-refractivity contribution is 6.01. The molecule has 3 rings (SSSR count). The summed E-state index contributed by atoms with van der Waals surface area (Å²) in [6, 6.07) is 4.21. The van der Waals surface area contributed by atoms with E-state index in [-0.39, 0.29) is 5.41 Å². The van der Waals surface area contributed by atoms with Gasteiger partial charge in [-0.2, -0.15) is 0 Å². The molecule has 1 heterocycles. The molecule has 0 aliphatic heterocycles. The van der Waals surface area contributed by atoms with Gasteiger partial charge in [0.1, 0.15) is 0 Å². The van der Waals surface area contributed by atoms with E-state index in [0.717, 1.165) is 17.6 Å². The number of aromatic amines is 1. The standard InChI is InChI=1S/C17H18N2/c1-17(2,3)9-13-15(10-18)19-14-8-7-11-5-4-6-12(11)16(13)14/h5-8,10,18-19H,9H2,1-3H3. The van der Waals surface area contributed by atoms with E-state index < -0.39 is 0 Å². The van der Waals surface area contributed by atoms with Crippen LogP contribution in [0.2, 0.25) is 0 Å². The van der Waals surface area contributed by atoms with Crippen LogP contribution in [0.1, 0.15) is 43.2 Å². The molecule has 1 aliphatic rings. The molecule has 0 atom stereocenters. The summed E-state index contributed by atoms with van der Waals surface area (Å²) >= 11 is 0. The van der Waals surface area contributed by atoms with Gasteiger partial charge in [-0.25, -0.2) is 0 Å². The second-order valence-electron chi connectivity index (χ2n) is 6.35. The normalized spacial score (nSPS) is 13.2. The Morgan fingerprint density at radius 2 is 2.05 bits per heavy atom. The van der Waals surface area contributed by atoms with Gasteiger partial charge in [0.2, 0.25) is 0 Å².